The van der Waals surface area contributed by atoms with Gasteiger partial charge >= 0.3 is 12.0 Å². The van der Waals surface area contributed by atoms with Gasteiger partial charge in [0.05, 0.1) is 6.42 Å². The molecule has 0 saturated carbocycles. The van der Waals surface area contributed by atoms with Crippen molar-refractivity contribution in [3.05, 3.63) is 12.2 Å². The molecule has 118 valence electrons. The van der Waals surface area contributed by atoms with E-state index >= 15 is 0 Å². The van der Waals surface area contributed by atoms with E-state index in [2.05, 4.69) is 20.8 Å². The molecule has 1 aromatic heterocycles. The molecule has 2 amide bonds. The molecule has 0 aliphatic carbocycles. The van der Waals surface area contributed by atoms with Crippen LogP contribution < -0.4 is 10.6 Å². The van der Waals surface area contributed by atoms with Crippen molar-refractivity contribution in [3.8, 4) is 0 Å². The summed E-state index contributed by atoms with van der Waals surface area (Å²) in [4.78, 5) is 26.4. The molecule has 0 bridgehead atoms. The van der Waals surface area contributed by atoms with Crippen molar-refractivity contribution in [3.63, 3.8) is 0 Å². The van der Waals surface area contributed by atoms with Gasteiger partial charge in [0.2, 0.25) is 5.89 Å². The first-order valence-electron chi connectivity index (χ1n) is 6.78. The van der Waals surface area contributed by atoms with Crippen molar-refractivity contribution in [1.29, 1.82) is 0 Å². The maximum Gasteiger partial charge on any atom is 0.315 e. The average Bonchev–Trinajstić information content (AvgIpc) is 2.78. The first-order chi connectivity index (χ1) is 9.76. The monoisotopic (exact) mass is 298 g/mol. The molecule has 0 fully saturated rings. The summed E-state index contributed by atoms with van der Waals surface area (Å²) in [5, 5.41) is 17.7. The molecule has 1 rings (SSSR count). The highest BCUT2D eigenvalue weighted by atomic mass is 16.5. The van der Waals surface area contributed by atoms with Crippen LogP contribution in [-0.2, 0) is 11.2 Å². The van der Waals surface area contributed by atoms with E-state index in [1.165, 1.54) is 6.33 Å². The van der Waals surface area contributed by atoms with E-state index in [-0.39, 0.29) is 11.8 Å². The first kappa shape index (κ1) is 16.9. The summed E-state index contributed by atoms with van der Waals surface area (Å²) in [6.07, 6.45) is 2.20. The summed E-state index contributed by atoms with van der Waals surface area (Å²) in [5.41, 5.74) is -0.0723. The predicted molar refractivity (Wildman–Crippen MR) is 74.6 cm³/mol. The molecule has 0 spiro atoms. The Hall–Kier alpha value is -2.12. The van der Waals surface area contributed by atoms with Crippen LogP contribution in [0.5, 0.6) is 0 Å². The second-order valence-corrected chi connectivity index (χ2v) is 6.04. The quantitative estimate of drug-likeness (QED) is 0.696. The van der Waals surface area contributed by atoms with E-state index in [1.54, 1.807) is 0 Å². The zero-order chi connectivity index (χ0) is 15.9. The number of nitrogens with one attached hydrogen (secondary N) is 2. The number of carbonyl (C=O) groups excluding carboxylic acids is 1. The molecule has 8 heteroatoms. The standard InChI is InChI=1S/C13H22N4O4/c1-13(2,3)7-9(6-11(18)19)17-12(20)14-5-4-10-15-8-16-21-10/h8-9H,4-7H2,1-3H3,(H,18,19)(H2,14,17,20). The molecule has 1 heterocycles. The minimum absolute atomic E-state index is 0.0723. The molecule has 0 aliphatic rings. The number of hydrogen-bond acceptors (Lipinski definition) is 5. The van der Waals surface area contributed by atoms with E-state index in [4.69, 9.17) is 9.63 Å². The predicted octanol–water partition coefficient (Wildman–Crippen LogP) is 1.19. The van der Waals surface area contributed by atoms with Crippen LogP contribution in [0, 0.1) is 5.41 Å². The highest BCUT2D eigenvalue weighted by Crippen LogP contribution is 2.22. The minimum Gasteiger partial charge on any atom is -0.481 e. The Bertz CT molecular complexity index is 453. The Morgan fingerprint density at radius 1 is 1.43 bits per heavy atom. The number of hydrogen-bond donors (Lipinski definition) is 3. The Balaban J connectivity index is 2.38. The van der Waals surface area contributed by atoms with Gasteiger partial charge < -0.3 is 20.3 Å². The lowest BCUT2D eigenvalue weighted by atomic mass is 9.87. The third-order valence-corrected chi connectivity index (χ3v) is 2.65. The van der Waals surface area contributed by atoms with Gasteiger partial charge in [-0.15, -0.1) is 0 Å². The third-order valence-electron chi connectivity index (χ3n) is 2.65. The highest BCUT2D eigenvalue weighted by molar-refractivity contribution is 5.75. The molecule has 0 aromatic carbocycles. The van der Waals surface area contributed by atoms with Gasteiger partial charge in [0, 0.05) is 19.0 Å². The topological polar surface area (TPSA) is 117 Å². The number of nitrogens with zero attached hydrogens (tertiary/aromatic N) is 2. The van der Waals surface area contributed by atoms with Crippen LogP contribution in [0.4, 0.5) is 4.79 Å². The molecular weight excluding hydrogens is 276 g/mol. The summed E-state index contributed by atoms with van der Waals surface area (Å²) in [5.74, 6) is -0.498. The number of carboxylic acids is 1. The van der Waals surface area contributed by atoms with Crippen molar-refractivity contribution in [1.82, 2.24) is 20.8 Å². The van der Waals surface area contributed by atoms with Crippen LogP contribution in [0.1, 0.15) is 39.5 Å². The second kappa shape index (κ2) is 7.61. The number of amides is 2. The van der Waals surface area contributed by atoms with E-state index in [9.17, 15) is 9.59 Å². The zero-order valence-corrected chi connectivity index (χ0v) is 12.5. The molecule has 0 aliphatic heterocycles. The Morgan fingerprint density at radius 2 is 2.14 bits per heavy atom. The summed E-state index contributed by atoms with van der Waals surface area (Å²) in [7, 11) is 0. The Morgan fingerprint density at radius 3 is 2.67 bits per heavy atom. The van der Waals surface area contributed by atoms with Crippen molar-refractivity contribution in [2.75, 3.05) is 6.54 Å². The van der Waals surface area contributed by atoms with Crippen LogP contribution in [0.2, 0.25) is 0 Å². The van der Waals surface area contributed by atoms with Gasteiger partial charge in [-0.05, 0) is 11.8 Å². The van der Waals surface area contributed by atoms with Crippen LogP contribution in [0.25, 0.3) is 0 Å². The van der Waals surface area contributed by atoms with Gasteiger partial charge in [0.15, 0.2) is 6.33 Å². The van der Waals surface area contributed by atoms with E-state index in [0.29, 0.717) is 25.3 Å². The van der Waals surface area contributed by atoms with Crippen molar-refractivity contribution >= 4 is 12.0 Å². The first-order valence-corrected chi connectivity index (χ1v) is 6.78. The number of aliphatic carboxylic acids is 1. The number of urea groups is 1. The summed E-state index contributed by atoms with van der Waals surface area (Å²) >= 11 is 0. The minimum atomic E-state index is -0.935. The Kier molecular flexibility index (Phi) is 6.13. The van der Waals surface area contributed by atoms with Gasteiger partial charge in [-0.1, -0.05) is 25.9 Å². The smallest absolute Gasteiger partial charge is 0.315 e. The van der Waals surface area contributed by atoms with Crippen LogP contribution in [0.15, 0.2) is 10.9 Å². The third kappa shape index (κ3) is 7.91. The number of carboxylic acid groups (broad SMARTS) is 1. The van der Waals surface area contributed by atoms with Gasteiger partial charge in [-0.25, -0.2) is 4.79 Å². The molecule has 1 atom stereocenters. The lowest BCUT2D eigenvalue weighted by Crippen LogP contribution is -2.45. The number of aromatic nitrogens is 2. The highest BCUT2D eigenvalue weighted by Gasteiger charge is 2.22. The zero-order valence-electron chi connectivity index (χ0n) is 12.5. The van der Waals surface area contributed by atoms with Crippen LogP contribution in [-0.4, -0.2) is 39.8 Å². The van der Waals surface area contributed by atoms with Crippen molar-refractivity contribution < 1.29 is 19.2 Å². The maximum absolute atomic E-state index is 11.8. The average molecular weight is 298 g/mol. The fraction of sp³-hybridized carbons (Fsp3) is 0.692. The van der Waals surface area contributed by atoms with Gasteiger partial charge in [-0.2, -0.15) is 4.98 Å². The largest absolute Gasteiger partial charge is 0.481 e. The van der Waals surface area contributed by atoms with Gasteiger partial charge in [0.1, 0.15) is 0 Å². The molecule has 8 nitrogen and oxygen atoms in total. The lowest BCUT2D eigenvalue weighted by Gasteiger charge is -2.25. The number of carbonyl (C=O) groups is 2. The second-order valence-electron chi connectivity index (χ2n) is 6.04. The maximum atomic E-state index is 11.8. The van der Waals surface area contributed by atoms with Crippen molar-refractivity contribution in [2.24, 2.45) is 5.41 Å². The van der Waals surface area contributed by atoms with Gasteiger partial charge in [-0.3, -0.25) is 4.79 Å². The van der Waals surface area contributed by atoms with E-state index < -0.39 is 18.0 Å². The lowest BCUT2D eigenvalue weighted by molar-refractivity contribution is -0.137. The van der Waals surface area contributed by atoms with Gasteiger partial charge in [0.25, 0.3) is 0 Å². The van der Waals surface area contributed by atoms with Crippen LogP contribution >= 0.6 is 0 Å². The molecule has 1 aromatic rings. The molecular formula is C13H22N4O4. The Labute approximate surface area is 123 Å². The van der Waals surface area contributed by atoms with Crippen LogP contribution in [0.3, 0.4) is 0 Å². The van der Waals surface area contributed by atoms with E-state index in [0.717, 1.165) is 0 Å². The SMILES string of the molecule is CC(C)(C)CC(CC(=O)O)NC(=O)NCCc1ncno1. The molecule has 0 radical (unpaired) electrons. The summed E-state index contributed by atoms with van der Waals surface area (Å²) in [6, 6.07) is -0.809. The molecule has 3 N–H and O–H groups in total. The van der Waals surface area contributed by atoms with Crippen molar-refractivity contribution in [2.45, 2.75) is 46.1 Å². The molecule has 21 heavy (non-hydrogen) atoms. The number of rotatable bonds is 7. The fourth-order valence-corrected chi connectivity index (χ4v) is 1.95. The molecule has 1 unspecified atom stereocenters. The summed E-state index contributed by atoms with van der Waals surface area (Å²) in [6.45, 7) is 6.33. The summed E-state index contributed by atoms with van der Waals surface area (Å²) < 4.78 is 4.80. The normalized spacial score (nSPS) is 12.7. The molecule has 0 saturated heterocycles. The fourth-order valence-electron chi connectivity index (χ4n) is 1.95. The van der Waals surface area contributed by atoms with E-state index in [1.807, 2.05) is 20.8 Å².